The maximum atomic E-state index is 10.9. The van der Waals surface area contributed by atoms with Gasteiger partial charge < -0.3 is 25.4 Å². The van der Waals surface area contributed by atoms with E-state index in [0.29, 0.717) is 19.2 Å². The lowest BCUT2D eigenvalue weighted by Gasteiger charge is -2.46. The first-order valence-electron chi connectivity index (χ1n) is 10.8. The second-order valence-corrected chi connectivity index (χ2v) is 10.4. The van der Waals surface area contributed by atoms with Gasteiger partial charge in [0.1, 0.15) is 24.5 Å². The molecule has 12 atom stereocenters. The van der Waals surface area contributed by atoms with Crippen LogP contribution in [0, 0.1) is 17.8 Å². The Balaban J connectivity index is 1.32. The van der Waals surface area contributed by atoms with Gasteiger partial charge in [0, 0.05) is 25.7 Å². The fourth-order valence-electron chi connectivity index (χ4n) is 6.20. The first kappa shape index (κ1) is 21.1. The van der Waals surface area contributed by atoms with Crippen molar-refractivity contribution in [3.8, 4) is 0 Å². The van der Waals surface area contributed by atoms with Gasteiger partial charge in [0.15, 0.2) is 0 Å². The summed E-state index contributed by atoms with van der Waals surface area (Å²) >= 11 is 12.9. The number of hydrogen-bond acceptors (Lipinski definition) is 8. The molecule has 0 spiro atoms. The Labute approximate surface area is 181 Å². The Morgan fingerprint density at radius 2 is 1.76 bits per heavy atom. The fourth-order valence-corrected chi connectivity index (χ4v) is 6.84. The molecule has 0 aromatic carbocycles. The topological polar surface area (TPSA) is 112 Å². The lowest BCUT2D eigenvalue weighted by Crippen LogP contribution is -2.64. The third-order valence-electron chi connectivity index (χ3n) is 7.76. The average Bonchev–Trinajstić information content (AvgIpc) is 3.25. The van der Waals surface area contributed by atoms with Crippen LogP contribution in [-0.4, -0.2) is 88.7 Å². The molecule has 6 N–H and O–H groups in total. The van der Waals surface area contributed by atoms with Crippen LogP contribution in [0.25, 0.3) is 0 Å². The highest BCUT2D eigenvalue weighted by atomic mass is 35.5. The summed E-state index contributed by atoms with van der Waals surface area (Å²) in [6.07, 6.45) is -0.0225. The number of ether oxygens (including phenoxy) is 2. The molecule has 166 valence electrons. The number of nitrogens with two attached hydrogens (primary N) is 1. The highest BCUT2D eigenvalue weighted by Crippen LogP contribution is 2.46. The lowest BCUT2D eigenvalue weighted by atomic mass is 9.71. The van der Waals surface area contributed by atoms with Crippen LogP contribution in [0.2, 0.25) is 0 Å². The molecular formula is C19H32Cl2N4O4. The van der Waals surface area contributed by atoms with Gasteiger partial charge in [0.05, 0.1) is 29.2 Å². The SMILES string of the molecule is NC1NCNC2C1CCN2[C@@H]1O[C@H]([C@@H]2OCCC3CC(Cl)C(Cl)CC32)[C@@H](O)[C@H]1O. The van der Waals surface area contributed by atoms with E-state index >= 15 is 0 Å². The van der Waals surface area contributed by atoms with Crippen molar-refractivity contribution in [2.75, 3.05) is 19.8 Å². The fraction of sp³-hybridized carbons (Fsp3) is 1.00. The number of fused-ring (bicyclic) bond motifs is 2. The lowest BCUT2D eigenvalue weighted by molar-refractivity contribution is -0.174. The molecule has 0 aromatic rings. The van der Waals surface area contributed by atoms with Crippen molar-refractivity contribution in [1.82, 2.24) is 15.5 Å². The van der Waals surface area contributed by atoms with E-state index in [1.54, 1.807) is 0 Å². The minimum atomic E-state index is -0.999. The first-order chi connectivity index (χ1) is 14.0. The summed E-state index contributed by atoms with van der Waals surface area (Å²) in [5, 5.41) is 28.3. The van der Waals surface area contributed by atoms with Crippen molar-refractivity contribution in [2.45, 2.75) is 79.4 Å². The van der Waals surface area contributed by atoms with Crippen molar-refractivity contribution in [3.63, 3.8) is 0 Å². The van der Waals surface area contributed by atoms with Crippen molar-refractivity contribution in [1.29, 1.82) is 0 Å². The van der Waals surface area contributed by atoms with Gasteiger partial charge in [-0.2, -0.15) is 0 Å². The third-order valence-corrected chi connectivity index (χ3v) is 8.86. The van der Waals surface area contributed by atoms with Gasteiger partial charge in [-0.25, -0.2) is 0 Å². The van der Waals surface area contributed by atoms with Crippen LogP contribution in [0.4, 0.5) is 0 Å². The Morgan fingerprint density at radius 1 is 0.966 bits per heavy atom. The highest BCUT2D eigenvalue weighted by Gasteiger charge is 2.56. The maximum absolute atomic E-state index is 10.9. The Hall–Kier alpha value is 0.260. The van der Waals surface area contributed by atoms with Gasteiger partial charge in [-0.15, -0.1) is 23.2 Å². The van der Waals surface area contributed by atoms with E-state index in [1.807, 2.05) is 0 Å². The molecule has 0 radical (unpaired) electrons. The van der Waals surface area contributed by atoms with Crippen LogP contribution >= 0.6 is 23.2 Å². The number of hydrogen-bond donors (Lipinski definition) is 5. The summed E-state index contributed by atoms with van der Waals surface area (Å²) in [6.45, 7) is 1.99. The molecule has 1 aliphatic carbocycles. The predicted octanol–water partition coefficient (Wildman–Crippen LogP) is -0.454. The second kappa shape index (κ2) is 8.31. The minimum absolute atomic E-state index is 0.0239. The standard InChI is InChI=1S/C19H32Cl2N4O4/c20-11-5-8-2-4-28-15(10(8)6-12(11)21)16-13(26)14(27)19(29-16)25-3-1-9-17(22)23-7-24-18(9)25/h8-19,23-24,26-27H,1-7,22H2/t8?,9?,10?,11?,12?,13-,14+,15+,16-,17?,18?,19+/m0/s1. The summed E-state index contributed by atoms with van der Waals surface area (Å²) in [5.74, 6) is 0.837. The highest BCUT2D eigenvalue weighted by molar-refractivity contribution is 6.30. The molecule has 4 saturated heterocycles. The largest absolute Gasteiger partial charge is 0.387 e. The normalized spacial score (nSPS) is 56.2. The van der Waals surface area contributed by atoms with E-state index in [2.05, 4.69) is 15.5 Å². The number of aliphatic hydroxyl groups is 2. The first-order valence-corrected chi connectivity index (χ1v) is 11.7. The summed E-state index contributed by atoms with van der Waals surface area (Å²) < 4.78 is 12.4. The van der Waals surface area contributed by atoms with Crippen molar-refractivity contribution in [2.24, 2.45) is 23.5 Å². The van der Waals surface area contributed by atoms with Gasteiger partial charge in [0.25, 0.3) is 0 Å². The molecular weight excluding hydrogens is 419 g/mol. The summed E-state index contributed by atoms with van der Waals surface area (Å²) in [7, 11) is 0. The molecule has 4 aliphatic heterocycles. The number of likely N-dealkylation sites (tertiary alicyclic amines) is 1. The van der Waals surface area contributed by atoms with Crippen molar-refractivity contribution >= 4 is 23.2 Å². The Morgan fingerprint density at radius 3 is 2.59 bits per heavy atom. The van der Waals surface area contributed by atoms with Crippen LogP contribution in [0.3, 0.4) is 0 Å². The molecule has 5 fully saturated rings. The van der Waals surface area contributed by atoms with Crippen molar-refractivity contribution in [3.05, 3.63) is 0 Å². The van der Waals surface area contributed by atoms with Gasteiger partial charge in [0.2, 0.25) is 0 Å². The van der Waals surface area contributed by atoms with E-state index in [4.69, 9.17) is 38.4 Å². The number of aliphatic hydroxyl groups excluding tert-OH is 2. The van der Waals surface area contributed by atoms with E-state index in [1.165, 1.54) is 0 Å². The molecule has 1 saturated carbocycles. The minimum Gasteiger partial charge on any atom is -0.387 e. The predicted molar refractivity (Wildman–Crippen MR) is 108 cm³/mol. The van der Waals surface area contributed by atoms with Crippen LogP contribution in [0.15, 0.2) is 0 Å². The van der Waals surface area contributed by atoms with Crippen molar-refractivity contribution < 1.29 is 19.7 Å². The molecule has 0 bridgehead atoms. The Kier molecular flexibility index (Phi) is 6.06. The molecule has 5 aliphatic rings. The molecule has 29 heavy (non-hydrogen) atoms. The van der Waals surface area contributed by atoms with Gasteiger partial charge in [-0.05, 0) is 37.5 Å². The zero-order chi connectivity index (χ0) is 20.3. The monoisotopic (exact) mass is 450 g/mol. The smallest absolute Gasteiger partial charge is 0.141 e. The molecule has 4 heterocycles. The molecule has 0 amide bonds. The molecule has 10 heteroatoms. The third kappa shape index (κ3) is 3.63. The maximum Gasteiger partial charge on any atom is 0.141 e. The number of nitrogens with zero attached hydrogens (tertiary/aromatic N) is 1. The number of nitrogens with one attached hydrogen (secondary N) is 2. The zero-order valence-electron chi connectivity index (χ0n) is 16.4. The van der Waals surface area contributed by atoms with E-state index in [9.17, 15) is 10.2 Å². The quantitative estimate of drug-likeness (QED) is 0.359. The summed E-state index contributed by atoms with van der Waals surface area (Å²) in [6, 6.07) is 0. The van der Waals surface area contributed by atoms with Gasteiger partial charge in [-0.1, -0.05) is 0 Å². The molecule has 7 unspecified atom stereocenters. The van der Waals surface area contributed by atoms with Crippen LogP contribution < -0.4 is 16.4 Å². The van der Waals surface area contributed by atoms with E-state index in [-0.39, 0.29) is 41.0 Å². The Bertz CT molecular complexity index is 607. The summed E-state index contributed by atoms with van der Waals surface area (Å²) in [5.41, 5.74) is 6.21. The van der Waals surface area contributed by atoms with Crippen LogP contribution in [0.1, 0.15) is 25.7 Å². The number of halogens is 2. The average molecular weight is 451 g/mol. The second-order valence-electron chi connectivity index (χ2n) is 9.27. The van der Waals surface area contributed by atoms with Crippen LogP contribution in [-0.2, 0) is 9.47 Å². The van der Waals surface area contributed by atoms with E-state index < -0.39 is 24.5 Å². The molecule has 8 nitrogen and oxygen atoms in total. The van der Waals surface area contributed by atoms with Crippen LogP contribution in [0.5, 0.6) is 0 Å². The van der Waals surface area contributed by atoms with E-state index in [0.717, 1.165) is 32.2 Å². The molecule has 5 rings (SSSR count). The van der Waals surface area contributed by atoms with Gasteiger partial charge >= 0.3 is 0 Å². The summed E-state index contributed by atoms with van der Waals surface area (Å²) in [4.78, 5) is 2.11. The molecule has 0 aromatic heterocycles. The zero-order valence-corrected chi connectivity index (χ0v) is 17.9. The number of alkyl halides is 2. The number of rotatable bonds is 2. The van der Waals surface area contributed by atoms with Gasteiger partial charge in [-0.3, -0.25) is 15.5 Å².